The van der Waals surface area contributed by atoms with E-state index in [1.165, 1.54) is 18.2 Å². The van der Waals surface area contributed by atoms with Gasteiger partial charge >= 0.3 is 0 Å². The molecule has 1 heterocycles. The number of rotatable bonds is 3. The van der Waals surface area contributed by atoms with Crippen molar-refractivity contribution in [1.29, 1.82) is 0 Å². The summed E-state index contributed by atoms with van der Waals surface area (Å²) >= 11 is 3.24. The average Bonchev–Trinajstić information content (AvgIpc) is 2.78. The van der Waals surface area contributed by atoms with Gasteiger partial charge in [-0.1, -0.05) is 0 Å². The van der Waals surface area contributed by atoms with E-state index in [0.717, 1.165) is 19.4 Å². The minimum absolute atomic E-state index is 0.00687. The fourth-order valence-corrected chi connectivity index (χ4v) is 3.29. The predicted octanol–water partition coefficient (Wildman–Crippen LogP) is 1.18. The SMILES string of the molecule is CC1(C(=O)Nc2ccc(S(N)(=O)=O)cc2Br)CCCN1. The van der Waals surface area contributed by atoms with Gasteiger partial charge in [-0.25, -0.2) is 13.6 Å². The van der Waals surface area contributed by atoms with Crippen LogP contribution in [0.5, 0.6) is 0 Å². The number of benzene rings is 1. The summed E-state index contributed by atoms with van der Waals surface area (Å²) in [4.78, 5) is 12.2. The molecule has 1 amide bonds. The molecule has 20 heavy (non-hydrogen) atoms. The van der Waals surface area contributed by atoms with Crippen LogP contribution in [-0.4, -0.2) is 26.4 Å². The van der Waals surface area contributed by atoms with Gasteiger partial charge in [0.2, 0.25) is 15.9 Å². The highest BCUT2D eigenvalue weighted by atomic mass is 79.9. The maximum absolute atomic E-state index is 12.2. The average molecular weight is 362 g/mol. The molecule has 8 heteroatoms. The van der Waals surface area contributed by atoms with E-state index >= 15 is 0 Å². The van der Waals surface area contributed by atoms with Crippen LogP contribution in [0.3, 0.4) is 0 Å². The molecule has 0 saturated carbocycles. The number of primary sulfonamides is 1. The first-order valence-corrected chi connectivity index (χ1v) is 8.45. The van der Waals surface area contributed by atoms with Crippen molar-refractivity contribution in [1.82, 2.24) is 5.32 Å². The van der Waals surface area contributed by atoms with Crippen molar-refractivity contribution >= 4 is 37.5 Å². The summed E-state index contributed by atoms with van der Waals surface area (Å²) in [5, 5.41) is 11.0. The van der Waals surface area contributed by atoms with E-state index in [-0.39, 0.29) is 10.8 Å². The highest BCUT2D eigenvalue weighted by Crippen LogP contribution is 2.27. The number of nitrogens with one attached hydrogen (secondary N) is 2. The lowest BCUT2D eigenvalue weighted by Crippen LogP contribution is -2.48. The van der Waals surface area contributed by atoms with Crippen molar-refractivity contribution in [2.24, 2.45) is 5.14 Å². The van der Waals surface area contributed by atoms with Crippen LogP contribution in [-0.2, 0) is 14.8 Å². The second-order valence-corrected chi connectivity index (χ2v) is 7.42. The van der Waals surface area contributed by atoms with Gasteiger partial charge in [0, 0.05) is 4.47 Å². The van der Waals surface area contributed by atoms with Gasteiger partial charge in [0.1, 0.15) is 0 Å². The summed E-state index contributed by atoms with van der Waals surface area (Å²) in [6.07, 6.45) is 1.72. The third kappa shape index (κ3) is 3.20. The highest BCUT2D eigenvalue weighted by Gasteiger charge is 2.36. The summed E-state index contributed by atoms with van der Waals surface area (Å²) in [7, 11) is -3.75. The number of carbonyl (C=O) groups is 1. The summed E-state index contributed by atoms with van der Waals surface area (Å²) in [5.74, 6) is -0.140. The van der Waals surface area contributed by atoms with Crippen LogP contribution in [0, 0.1) is 0 Å². The Bertz CT molecular complexity index is 639. The number of nitrogens with two attached hydrogens (primary N) is 1. The molecule has 0 radical (unpaired) electrons. The maximum atomic E-state index is 12.2. The molecule has 1 aromatic rings. The second kappa shape index (κ2) is 5.44. The van der Waals surface area contributed by atoms with Crippen molar-refractivity contribution < 1.29 is 13.2 Å². The molecule has 1 saturated heterocycles. The van der Waals surface area contributed by atoms with Crippen LogP contribution >= 0.6 is 15.9 Å². The van der Waals surface area contributed by atoms with E-state index in [1.54, 1.807) is 0 Å². The first kappa shape index (κ1) is 15.4. The molecule has 6 nitrogen and oxygen atoms in total. The molecule has 0 aromatic heterocycles. The largest absolute Gasteiger partial charge is 0.323 e. The summed E-state index contributed by atoms with van der Waals surface area (Å²) in [5.41, 5.74) is -0.0739. The minimum Gasteiger partial charge on any atom is -0.323 e. The van der Waals surface area contributed by atoms with Crippen molar-refractivity contribution in [3.63, 3.8) is 0 Å². The smallest absolute Gasteiger partial charge is 0.244 e. The second-order valence-electron chi connectivity index (χ2n) is 5.00. The van der Waals surface area contributed by atoms with Gasteiger partial charge in [-0.3, -0.25) is 4.79 Å². The number of amides is 1. The third-order valence-corrected chi connectivity index (χ3v) is 4.95. The number of anilines is 1. The quantitative estimate of drug-likeness (QED) is 0.752. The molecule has 1 aromatic carbocycles. The van der Waals surface area contributed by atoms with E-state index < -0.39 is 15.6 Å². The van der Waals surface area contributed by atoms with Crippen LogP contribution < -0.4 is 15.8 Å². The molecular formula is C12H16BrN3O3S. The Hall–Kier alpha value is -0.960. The monoisotopic (exact) mass is 361 g/mol. The minimum atomic E-state index is -3.75. The van der Waals surface area contributed by atoms with Crippen LogP contribution in [0.25, 0.3) is 0 Å². The molecule has 1 atom stereocenters. The summed E-state index contributed by atoms with van der Waals surface area (Å²) < 4.78 is 22.9. The Labute approximate surface area is 126 Å². The molecule has 0 aliphatic carbocycles. The number of sulfonamides is 1. The van der Waals surface area contributed by atoms with Gasteiger partial charge in [0.25, 0.3) is 0 Å². The molecule has 0 spiro atoms. The number of hydrogen-bond acceptors (Lipinski definition) is 4. The zero-order chi connectivity index (χ0) is 15.0. The van der Waals surface area contributed by atoms with Crippen molar-refractivity contribution in [2.45, 2.75) is 30.2 Å². The molecule has 1 aliphatic rings. The normalized spacial score (nSPS) is 22.8. The molecule has 1 fully saturated rings. The molecule has 0 bridgehead atoms. The van der Waals surface area contributed by atoms with E-state index in [4.69, 9.17) is 5.14 Å². The number of carbonyl (C=O) groups excluding carboxylic acids is 1. The lowest BCUT2D eigenvalue weighted by Gasteiger charge is -2.23. The third-order valence-electron chi connectivity index (χ3n) is 3.39. The summed E-state index contributed by atoms with van der Waals surface area (Å²) in [6, 6.07) is 4.25. The van der Waals surface area contributed by atoms with E-state index in [1.807, 2.05) is 6.92 Å². The molecular weight excluding hydrogens is 346 g/mol. The standard InChI is InChI=1S/C12H16BrN3O3S/c1-12(5-2-6-15-12)11(17)16-10-4-3-8(7-9(10)13)20(14,18)19/h3-4,7,15H,2,5-6H2,1H3,(H,16,17)(H2,14,18,19). The van der Waals surface area contributed by atoms with Gasteiger partial charge in [-0.2, -0.15) is 0 Å². The molecule has 2 rings (SSSR count). The van der Waals surface area contributed by atoms with Crippen LogP contribution in [0.2, 0.25) is 0 Å². The van der Waals surface area contributed by atoms with E-state index in [2.05, 4.69) is 26.6 Å². The first-order chi connectivity index (χ1) is 9.22. The van der Waals surface area contributed by atoms with Crippen LogP contribution in [0.15, 0.2) is 27.6 Å². The number of halogens is 1. The van der Waals surface area contributed by atoms with Gasteiger partial charge in [0.05, 0.1) is 16.1 Å². The van der Waals surface area contributed by atoms with Crippen molar-refractivity contribution in [3.05, 3.63) is 22.7 Å². The van der Waals surface area contributed by atoms with Gasteiger partial charge < -0.3 is 10.6 Å². The van der Waals surface area contributed by atoms with Crippen LogP contribution in [0.4, 0.5) is 5.69 Å². The zero-order valence-corrected chi connectivity index (χ0v) is 13.3. The maximum Gasteiger partial charge on any atom is 0.244 e. The van der Waals surface area contributed by atoms with Crippen molar-refractivity contribution in [3.8, 4) is 0 Å². The Morgan fingerprint density at radius 2 is 2.20 bits per heavy atom. The first-order valence-electron chi connectivity index (χ1n) is 6.11. The van der Waals surface area contributed by atoms with E-state index in [9.17, 15) is 13.2 Å². The fourth-order valence-electron chi connectivity index (χ4n) is 2.12. The molecule has 1 unspecified atom stereocenters. The number of hydrogen-bond donors (Lipinski definition) is 3. The Kier molecular flexibility index (Phi) is 4.19. The molecule has 110 valence electrons. The van der Waals surface area contributed by atoms with Gasteiger partial charge in [-0.15, -0.1) is 0 Å². The zero-order valence-electron chi connectivity index (χ0n) is 10.9. The lowest BCUT2D eigenvalue weighted by molar-refractivity contribution is -0.121. The van der Waals surface area contributed by atoms with E-state index in [0.29, 0.717) is 10.2 Å². The topological polar surface area (TPSA) is 101 Å². The molecule has 1 aliphatic heterocycles. The highest BCUT2D eigenvalue weighted by molar-refractivity contribution is 9.10. The summed E-state index contributed by atoms with van der Waals surface area (Å²) in [6.45, 7) is 2.66. The molecule has 4 N–H and O–H groups in total. The Morgan fingerprint density at radius 1 is 1.50 bits per heavy atom. The lowest BCUT2D eigenvalue weighted by atomic mass is 9.99. The van der Waals surface area contributed by atoms with Gasteiger partial charge in [-0.05, 0) is 60.4 Å². The Balaban J connectivity index is 2.20. The van der Waals surface area contributed by atoms with Crippen molar-refractivity contribution in [2.75, 3.05) is 11.9 Å². The predicted molar refractivity (Wildman–Crippen MR) is 79.8 cm³/mol. The fraction of sp³-hybridized carbons (Fsp3) is 0.417. The van der Waals surface area contributed by atoms with Gasteiger partial charge in [0.15, 0.2) is 0 Å². The Morgan fingerprint density at radius 3 is 2.70 bits per heavy atom. The van der Waals surface area contributed by atoms with Crippen LogP contribution in [0.1, 0.15) is 19.8 Å².